The van der Waals surface area contributed by atoms with Crippen LogP contribution in [0.15, 0.2) is 51.7 Å². The normalized spacial score (nSPS) is 16.1. The number of fused-ring (bicyclic) bond motifs is 1. The van der Waals surface area contributed by atoms with Gasteiger partial charge in [-0.3, -0.25) is 9.47 Å². The monoisotopic (exact) mass is 468 g/mol. The van der Waals surface area contributed by atoms with Crippen molar-refractivity contribution >= 4 is 22.9 Å². The first-order valence-electron chi connectivity index (χ1n) is 11.6. The first kappa shape index (κ1) is 24.0. The van der Waals surface area contributed by atoms with E-state index in [1.165, 1.54) is 9.47 Å². The quantitative estimate of drug-likeness (QED) is 0.524. The van der Waals surface area contributed by atoms with Crippen LogP contribution in [0.4, 0.5) is 10.5 Å². The number of benzene rings is 2. The van der Waals surface area contributed by atoms with Gasteiger partial charge in [-0.15, -0.1) is 0 Å². The lowest BCUT2D eigenvalue weighted by Gasteiger charge is -2.32. The van der Waals surface area contributed by atoms with Gasteiger partial charge in [0.05, 0.1) is 18.2 Å². The van der Waals surface area contributed by atoms with Crippen LogP contribution in [-0.4, -0.2) is 77.0 Å². The van der Waals surface area contributed by atoms with Gasteiger partial charge in [-0.05, 0) is 62.3 Å². The standard InChI is InChI=1S/C25H32N4O5/c1-18(30)20-7-8-22-23(16-20)34-25(33)29(22)17-19-5-3-6-21(15-19)28(24(31)32)10-4-9-27-13-11-26(2)12-14-27/h3,5-8,15-16,18,30H,4,9-14,17H2,1-2H3,(H,31,32). The molecule has 1 aromatic heterocycles. The van der Waals surface area contributed by atoms with Gasteiger partial charge < -0.3 is 24.4 Å². The topological polar surface area (TPSA) is 102 Å². The van der Waals surface area contributed by atoms with E-state index in [0.29, 0.717) is 28.9 Å². The number of oxazole rings is 1. The summed E-state index contributed by atoms with van der Waals surface area (Å²) in [7, 11) is 2.11. The maximum Gasteiger partial charge on any atom is 0.420 e. The molecule has 0 bridgehead atoms. The Labute approximate surface area is 198 Å². The highest BCUT2D eigenvalue weighted by Crippen LogP contribution is 2.22. The summed E-state index contributed by atoms with van der Waals surface area (Å²) in [5, 5.41) is 19.6. The summed E-state index contributed by atoms with van der Waals surface area (Å²) in [5.41, 5.74) is 3.09. The number of aliphatic hydroxyl groups excluding tert-OH is 1. The summed E-state index contributed by atoms with van der Waals surface area (Å²) in [6.07, 6.45) is -0.905. The minimum atomic E-state index is -0.993. The predicted molar refractivity (Wildman–Crippen MR) is 131 cm³/mol. The Hall–Kier alpha value is -3.14. The van der Waals surface area contributed by atoms with Crippen LogP contribution in [0.2, 0.25) is 0 Å². The fraction of sp³-hybridized carbons (Fsp3) is 0.440. The summed E-state index contributed by atoms with van der Waals surface area (Å²) in [6.45, 7) is 7.25. The third-order valence-electron chi connectivity index (χ3n) is 6.42. The van der Waals surface area contributed by atoms with Crippen LogP contribution >= 0.6 is 0 Å². The van der Waals surface area contributed by atoms with Gasteiger partial charge in [0.25, 0.3) is 0 Å². The highest BCUT2D eigenvalue weighted by Gasteiger charge is 2.18. The van der Waals surface area contributed by atoms with E-state index < -0.39 is 18.0 Å². The number of carboxylic acid groups (broad SMARTS) is 1. The Morgan fingerprint density at radius 1 is 1.15 bits per heavy atom. The molecule has 3 aromatic rings. The van der Waals surface area contributed by atoms with Crippen molar-refractivity contribution in [2.24, 2.45) is 0 Å². The molecule has 182 valence electrons. The van der Waals surface area contributed by atoms with E-state index >= 15 is 0 Å². The van der Waals surface area contributed by atoms with Crippen molar-refractivity contribution < 1.29 is 19.4 Å². The molecule has 4 rings (SSSR count). The number of hydrogen-bond acceptors (Lipinski definition) is 6. The van der Waals surface area contributed by atoms with Crippen molar-refractivity contribution in [1.29, 1.82) is 0 Å². The number of hydrogen-bond donors (Lipinski definition) is 2. The number of aliphatic hydroxyl groups is 1. The van der Waals surface area contributed by atoms with E-state index in [1.807, 2.05) is 6.07 Å². The van der Waals surface area contributed by atoms with Crippen molar-refractivity contribution in [2.45, 2.75) is 26.0 Å². The molecule has 0 spiro atoms. The molecule has 1 fully saturated rings. The van der Waals surface area contributed by atoms with Gasteiger partial charge in [0.1, 0.15) is 0 Å². The van der Waals surface area contributed by atoms with Gasteiger partial charge in [0.15, 0.2) is 5.58 Å². The van der Waals surface area contributed by atoms with Gasteiger partial charge in [0, 0.05) is 38.4 Å². The zero-order chi connectivity index (χ0) is 24.2. The average molecular weight is 469 g/mol. The molecule has 1 amide bonds. The highest BCUT2D eigenvalue weighted by atomic mass is 16.4. The molecule has 2 heterocycles. The number of piperazine rings is 1. The van der Waals surface area contributed by atoms with Crippen LogP contribution < -0.4 is 10.7 Å². The molecule has 34 heavy (non-hydrogen) atoms. The predicted octanol–water partition coefficient (Wildman–Crippen LogP) is 2.82. The van der Waals surface area contributed by atoms with Crippen LogP contribution in [0.3, 0.4) is 0 Å². The fourth-order valence-electron chi connectivity index (χ4n) is 4.36. The second-order valence-corrected chi connectivity index (χ2v) is 8.96. The second-order valence-electron chi connectivity index (χ2n) is 8.96. The van der Waals surface area contributed by atoms with Crippen LogP contribution in [-0.2, 0) is 6.54 Å². The Bertz CT molecular complexity index is 1190. The van der Waals surface area contributed by atoms with Crippen molar-refractivity contribution in [2.75, 3.05) is 51.2 Å². The number of anilines is 1. The number of aromatic nitrogens is 1. The third kappa shape index (κ3) is 5.49. The molecule has 9 heteroatoms. The molecular formula is C25H32N4O5. The molecule has 1 aliphatic heterocycles. The number of nitrogens with zero attached hydrogens (tertiary/aromatic N) is 4. The number of amides is 1. The largest absolute Gasteiger partial charge is 0.465 e. The maximum atomic E-state index is 12.5. The Morgan fingerprint density at radius 3 is 2.62 bits per heavy atom. The first-order chi connectivity index (χ1) is 16.3. The average Bonchev–Trinajstić information content (AvgIpc) is 3.12. The summed E-state index contributed by atoms with van der Waals surface area (Å²) >= 11 is 0. The summed E-state index contributed by atoms with van der Waals surface area (Å²) in [4.78, 5) is 30.5. The SMILES string of the molecule is CC(O)c1ccc2c(c1)oc(=O)n2Cc1cccc(N(CCCN2CCN(C)CC2)C(=O)O)c1. The van der Waals surface area contributed by atoms with Gasteiger partial charge in [-0.2, -0.15) is 0 Å². The van der Waals surface area contributed by atoms with Crippen LogP contribution in [0.1, 0.15) is 30.6 Å². The summed E-state index contributed by atoms with van der Waals surface area (Å²) in [5.74, 6) is -0.495. The van der Waals surface area contributed by atoms with Crippen molar-refractivity contribution in [3.63, 3.8) is 0 Å². The minimum Gasteiger partial charge on any atom is -0.465 e. The number of carbonyl (C=O) groups is 1. The maximum absolute atomic E-state index is 12.5. The van der Waals surface area contributed by atoms with Crippen LogP contribution in [0, 0.1) is 0 Å². The molecule has 2 aromatic carbocycles. The van der Waals surface area contributed by atoms with E-state index in [2.05, 4.69) is 16.8 Å². The van der Waals surface area contributed by atoms with Crippen LogP contribution in [0.25, 0.3) is 11.1 Å². The number of likely N-dealkylation sites (N-methyl/N-ethyl adjacent to an activating group) is 1. The van der Waals surface area contributed by atoms with E-state index in [-0.39, 0.29) is 6.54 Å². The van der Waals surface area contributed by atoms with Crippen molar-refractivity contribution in [3.05, 3.63) is 64.1 Å². The van der Waals surface area contributed by atoms with Gasteiger partial charge >= 0.3 is 11.8 Å². The van der Waals surface area contributed by atoms with E-state index in [9.17, 15) is 19.8 Å². The lowest BCUT2D eigenvalue weighted by atomic mass is 10.1. The minimum absolute atomic E-state index is 0.252. The molecule has 0 radical (unpaired) electrons. The molecule has 1 unspecified atom stereocenters. The Balaban J connectivity index is 1.47. The van der Waals surface area contributed by atoms with Gasteiger partial charge in [0.2, 0.25) is 0 Å². The highest BCUT2D eigenvalue weighted by molar-refractivity contribution is 5.86. The summed E-state index contributed by atoms with van der Waals surface area (Å²) in [6, 6.07) is 12.4. The fourth-order valence-corrected chi connectivity index (χ4v) is 4.36. The molecule has 0 saturated carbocycles. The third-order valence-corrected chi connectivity index (χ3v) is 6.42. The molecular weight excluding hydrogens is 436 g/mol. The lowest BCUT2D eigenvalue weighted by molar-refractivity contribution is 0.153. The van der Waals surface area contributed by atoms with Crippen molar-refractivity contribution in [1.82, 2.24) is 14.4 Å². The molecule has 1 atom stereocenters. The van der Waals surface area contributed by atoms with Crippen LogP contribution in [0.5, 0.6) is 0 Å². The summed E-state index contributed by atoms with van der Waals surface area (Å²) < 4.78 is 6.89. The molecule has 9 nitrogen and oxygen atoms in total. The van der Waals surface area contributed by atoms with Gasteiger partial charge in [-0.1, -0.05) is 18.2 Å². The van der Waals surface area contributed by atoms with E-state index in [1.54, 1.807) is 43.3 Å². The smallest absolute Gasteiger partial charge is 0.420 e. The molecule has 0 aliphatic carbocycles. The zero-order valence-corrected chi connectivity index (χ0v) is 19.7. The van der Waals surface area contributed by atoms with E-state index in [4.69, 9.17) is 4.42 Å². The first-order valence-corrected chi connectivity index (χ1v) is 11.6. The number of rotatable bonds is 8. The molecule has 1 aliphatic rings. The zero-order valence-electron chi connectivity index (χ0n) is 19.7. The lowest BCUT2D eigenvalue weighted by Crippen LogP contribution is -2.45. The Kier molecular flexibility index (Phi) is 7.35. The Morgan fingerprint density at radius 2 is 1.91 bits per heavy atom. The van der Waals surface area contributed by atoms with Gasteiger partial charge in [-0.25, -0.2) is 9.59 Å². The second kappa shape index (κ2) is 10.4. The molecule has 2 N–H and O–H groups in total. The molecule has 1 saturated heterocycles. The van der Waals surface area contributed by atoms with E-state index in [0.717, 1.165) is 44.7 Å². The van der Waals surface area contributed by atoms with Crippen molar-refractivity contribution in [3.8, 4) is 0 Å².